The van der Waals surface area contributed by atoms with Crippen LogP contribution in [0.1, 0.15) is 28.8 Å². The molecule has 1 fully saturated rings. The van der Waals surface area contributed by atoms with E-state index >= 15 is 0 Å². The van der Waals surface area contributed by atoms with Crippen LogP contribution in [0.5, 0.6) is 0 Å². The maximum Gasteiger partial charge on any atom is 0.311 e. The highest BCUT2D eigenvalue weighted by Gasteiger charge is 2.27. The topological polar surface area (TPSA) is 101 Å². The van der Waals surface area contributed by atoms with E-state index < -0.39 is 4.92 Å². The number of nitrogens with zero attached hydrogens (tertiary/aromatic N) is 4. The Labute approximate surface area is 145 Å². The van der Waals surface area contributed by atoms with Gasteiger partial charge in [-0.15, -0.1) is 0 Å². The molecule has 0 unspecified atom stereocenters. The molecule has 0 bridgehead atoms. The first-order valence-corrected chi connectivity index (χ1v) is 8.11. The van der Waals surface area contributed by atoms with Crippen molar-refractivity contribution in [1.29, 1.82) is 0 Å². The number of aryl methyl sites for hydroxylation is 1. The second kappa shape index (κ2) is 7.25. The van der Waals surface area contributed by atoms with Crippen LogP contribution in [0, 0.1) is 17.0 Å². The molecule has 2 aromatic heterocycles. The Morgan fingerprint density at radius 2 is 2.00 bits per heavy atom. The lowest BCUT2D eigenvalue weighted by atomic mass is 10.0. The van der Waals surface area contributed by atoms with Gasteiger partial charge in [-0.3, -0.25) is 19.9 Å². The molecule has 1 amide bonds. The van der Waals surface area contributed by atoms with Crippen LogP contribution in [0.3, 0.4) is 0 Å². The fourth-order valence-electron chi connectivity index (χ4n) is 2.93. The van der Waals surface area contributed by atoms with E-state index in [2.05, 4.69) is 15.3 Å². The van der Waals surface area contributed by atoms with Gasteiger partial charge in [-0.25, -0.2) is 4.98 Å². The number of carbonyl (C=O) groups excluding carboxylic acids is 1. The number of nitro groups is 1. The highest BCUT2D eigenvalue weighted by molar-refractivity contribution is 5.94. The number of rotatable bonds is 4. The molecule has 1 N–H and O–H groups in total. The molecule has 0 saturated carbocycles. The Morgan fingerprint density at radius 1 is 1.32 bits per heavy atom. The van der Waals surface area contributed by atoms with Crippen molar-refractivity contribution < 1.29 is 9.72 Å². The van der Waals surface area contributed by atoms with Crippen LogP contribution in [-0.4, -0.2) is 39.9 Å². The summed E-state index contributed by atoms with van der Waals surface area (Å²) in [4.78, 5) is 33.1. The second-order valence-corrected chi connectivity index (χ2v) is 6.08. The minimum absolute atomic E-state index is 0.0271. The Balaban J connectivity index is 1.63. The quantitative estimate of drug-likeness (QED) is 0.675. The maximum atomic E-state index is 12.2. The predicted octanol–water partition coefficient (Wildman–Crippen LogP) is 2.09. The zero-order chi connectivity index (χ0) is 17.8. The standard InChI is InChI=1S/C17H19N5O3/c1-12-10-15(22(24)25)16(19-11-12)21-8-4-14(5-9-21)20-17(23)13-2-6-18-7-3-13/h2-3,6-7,10-11,14H,4-5,8-9H2,1H3,(H,20,23). The van der Waals surface area contributed by atoms with Crippen molar-refractivity contribution in [3.63, 3.8) is 0 Å². The zero-order valence-electron chi connectivity index (χ0n) is 13.9. The van der Waals surface area contributed by atoms with Crippen molar-refractivity contribution in [1.82, 2.24) is 15.3 Å². The third-order valence-corrected chi connectivity index (χ3v) is 4.25. The van der Waals surface area contributed by atoms with Crippen LogP contribution in [-0.2, 0) is 0 Å². The van der Waals surface area contributed by atoms with Gasteiger partial charge in [-0.1, -0.05) is 0 Å². The van der Waals surface area contributed by atoms with Gasteiger partial charge >= 0.3 is 5.69 Å². The molecule has 1 aliphatic rings. The van der Waals surface area contributed by atoms with Crippen molar-refractivity contribution in [2.24, 2.45) is 0 Å². The summed E-state index contributed by atoms with van der Waals surface area (Å²) in [6.45, 7) is 3.00. The molecule has 2 aromatic rings. The first-order chi connectivity index (χ1) is 12.0. The van der Waals surface area contributed by atoms with Gasteiger partial charge in [0.2, 0.25) is 5.82 Å². The number of aromatic nitrogens is 2. The van der Waals surface area contributed by atoms with E-state index in [1.54, 1.807) is 43.7 Å². The summed E-state index contributed by atoms with van der Waals surface area (Å²) < 4.78 is 0. The number of nitrogens with one attached hydrogen (secondary N) is 1. The molecular formula is C17H19N5O3. The van der Waals surface area contributed by atoms with Crippen molar-refractivity contribution in [2.75, 3.05) is 18.0 Å². The lowest BCUT2D eigenvalue weighted by molar-refractivity contribution is -0.384. The summed E-state index contributed by atoms with van der Waals surface area (Å²) in [6, 6.07) is 4.93. The van der Waals surface area contributed by atoms with Crippen molar-refractivity contribution in [3.05, 3.63) is 58.0 Å². The first-order valence-electron chi connectivity index (χ1n) is 8.11. The Bertz CT molecular complexity index is 773. The van der Waals surface area contributed by atoms with Gasteiger partial charge in [0.15, 0.2) is 0 Å². The Kier molecular flexibility index (Phi) is 4.87. The smallest absolute Gasteiger partial charge is 0.311 e. The van der Waals surface area contributed by atoms with Crippen LogP contribution < -0.4 is 10.2 Å². The maximum absolute atomic E-state index is 12.2. The molecule has 3 rings (SSSR count). The number of piperidine rings is 1. The highest BCUT2D eigenvalue weighted by atomic mass is 16.6. The Hall–Kier alpha value is -3.03. The molecular weight excluding hydrogens is 322 g/mol. The molecule has 25 heavy (non-hydrogen) atoms. The average molecular weight is 341 g/mol. The zero-order valence-corrected chi connectivity index (χ0v) is 13.9. The number of carbonyl (C=O) groups is 1. The fourth-order valence-corrected chi connectivity index (χ4v) is 2.93. The van der Waals surface area contributed by atoms with Gasteiger partial charge in [0.05, 0.1) is 4.92 Å². The summed E-state index contributed by atoms with van der Waals surface area (Å²) in [5.41, 5.74) is 1.36. The molecule has 0 atom stereocenters. The second-order valence-electron chi connectivity index (χ2n) is 6.08. The number of pyridine rings is 2. The van der Waals surface area contributed by atoms with Crippen LogP contribution in [0.2, 0.25) is 0 Å². The largest absolute Gasteiger partial charge is 0.351 e. The van der Waals surface area contributed by atoms with Crippen LogP contribution in [0.4, 0.5) is 11.5 Å². The monoisotopic (exact) mass is 341 g/mol. The summed E-state index contributed by atoms with van der Waals surface area (Å²) in [5, 5.41) is 14.3. The molecule has 0 radical (unpaired) electrons. The van der Waals surface area contributed by atoms with Gasteiger partial charge in [0.25, 0.3) is 5.91 Å². The van der Waals surface area contributed by atoms with Crippen LogP contribution in [0.25, 0.3) is 0 Å². The van der Waals surface area contributed by atoms with E-state index in [1.165, 1.54) is 0 Å². The summed E-state index contributed by atoms with van der Waals surface area (Å²) >= 11 is 0. The van der Waals surface area contributed by atoms with E-state index in [1.807, 2.05) is 4.90 Å². The van der Waals surface area contributed by atoms with E-state index in [0.717, 1.165) is 5.56 Å². The molecule has 8 nitrogen and oxygen atoms in total. The van der Waals surface area contributed by atoms with E-state index in [0.29, 0.717) is 37.3 Å². The SMILES string of the molecule is Cc1cnc(N2CCC(NC(=O)c3ccncc3)CC2)c([N+](=O)[O-])c1. The minimum Gasteiger partial charge on any atom is -0.351 e. The molecule has 0 aromatic carbocycles. The minimum atomic E-state index is -0.396. The normalized spacial score (nSPS) is 15.0. The van der Waals surface area contributed by atoms with Crippen molar-refractivity contribution >= 4 is 17.4 Å². The third kappa shape index (κ3) is 3.90. The molecule has 130 valence electrons. The van der Waals surface area contributed by atoms with E-state index in [9.17, 15) is 14.9 Å². The summed E-state index contributed by atoms with van der Waals surface area (Å²) in [5.74, 6) is 0.273. The van der Waals surface area contributed by atoms with Crippen LogP contribution >= 0.6 is 0 Å². The highest BCUT2D eigenvalue weighted by Crippen LogP contribution is 2.28. The molecule has 0 aliphatic carbocycles. The number of hydrogen-bond donors (Lipinski definition) is 1. The van der Waals surface area contributed by atoms with Gasteiger partial charge in [-0.2, -0.15) is 0 Å². The van der Waals surface area contributed by atoms with Gasteiger partial charge in [0.1, 0.15) is 0 Å². The molecule has 1 saturated heterocycles. The molecule has 8 heteroatoms. The lowest BCUT2D eigenvalue weighted by Crippen LogP contribution is -2.45. The van der Waals surface area contributed by atoms with Gasteiger partial charge in [-0.05, 0) is 37.5 Å². The fraction of sp³-hybridized carbons (Fsp3) is 0.353. The first kappa shape index (κ1) is 16.8. The summed E-state index contributed by atoms with van der Waals surface area (Å²) in [6.07, 6.45) is 6.23. The average Bonchev–Trinajstić information content (AvgIpc) is 2.63. The van der Waals surface area contributed by atoms with E-state index in [-0.39, 0.29) is 17.6 Å². The van der Waals surface area contributed by atoms with Crippen LogP contribution in [0.15, 0.2) is 36.8 Å². The number of hydrogen-bond acceptors (Lipinski definition) is 6. The van der Waals surface area contributed by atoms with Gasteiger partial charge < -0.3 is 10.2 Å². The molecule has 1 aliphatic heterocycles. The van der Waals surface area contributed by atoms with E-state index in [4.69, 9.17) is 0 Å². The molecule has 3 heterocycles. The van der Waals surface area contributed by atoms with Crippen molar-refractivity contribution in [3.8, 4) is 0 Å². The Morgan fingerprint density at radius 3 is 2.64 bits per heavy atom. The number of amides is 1. The summed E-state index contributed by atoms with van der Waals surface area (Å²) in [7, 11) is 0. The molecule has 0 spiro atoms. The van der Waals surface area contributed by atoms with Crippen molar-refractivity contribution in [2.45, 2.75) is 25.8 Å². The van der Waals surface area contributed by atoms with Gasteiger partial charge in [0, 0.05) is 49.4 Å². The number of anilines is 1. The third-order valence-electron chi connectivity index (χ3n) is 4.25. The predicted molar refractivity (Wildman–Crippen MR) is 92.6 cm³/mol. The lowest BCUT2D eigenvalue weighted by Gasteiger charge is -2.32.